The zero-order chi connectivity index (χ0) is 9.40. The Bertz CT molecular complexity index is 95.8. The number of hydrogen-bond acceptors (Lipinski definition) is 2. The van der Waals surface area contributed by atoms with Crippen LogP contribution in [0, 0.1) is 5.92 Å². The van der Waals surface area contributed by atoms with E-state index in [9.17, 15) is 0 Å². The van der Waals surface area contributed by atoms with Gasteiger partial charge >= 0.3 is 0 Å². The van der Waals surface area contributed by atoms with Crippen LogP contribution in [0.5, 0.6) is 0 Å². The lowest BCUT2D eigenvalue weighted by atomic mass is 10.1. The van der Waals surface area contributed by atoms with Gasteiger partial charge in [-0.25, -0.2) is 0 Å². The smallest absolute Gasteiger partial charge is 0.0127 e. The molecule has 2 atom stereocenters. The highest BCUT2D eigenvalue weighted by Crippen LogP contribution is 2.14. The van der Waals surface area contributed by atoms with E-state index in [0.29, 0.717) is 6.04 Å². The van der Waals surface area contributed by atoms with Crippen LogP contribution in [-0.4, -0.2) is 17.5 Å². The van der Waals surface area contributed by atoms with Crippen LogP contribution >= 0.6 is 11.8 Å². The summed E-state index contributed by atoms with van der Waals surface area (Å²) in [4.78, 5) is 0. The van der Waals surface area contributed by atoms with Crippen LogP contribution in [0.25, 0.3) is 0 Å². The van der Waals surface area contributed by atoms with E-state index in [4.69, 9.17) is 5.73 Å². The average Bonchev–Trinajstić information content (AvgIpc) is 2.04. The van der Waals surface area contributed by atoms with Gasteiger partial charge in [-0.2, -0.15) is 11.8 Å². The van der Waals surface area contributed by atoms with E-state index >= 15 is 0 Å². The van der Waals surface area contributed by atoms with Crippen molar-refractivity contribution < 1.29 is 0 Å². The summed E-state index contributed by atoms with van der Waals surface area (Å²) in [6.45, 7) is 6.73. The monoisotopic (exact) mass is 189 g/mol. The van der Waals surface area contributed by atoms with Gasteiger partial charge in [-0.3, -0.25) is 0 Å². The molecule has 0 radical (unpaired) electrons. The Balaban J connectivity index is 3.18. The molecule has 0 saturated heterocycles. The molecule has 0 amide bonds. The van der Waals surface area contributed by atoms with Gasteiger partial charge in [-0.15, -0.1) is 0 Å². The maximum atomic E-state index is 5.81. The maximum Gasteiger partial charge on any atom is 0.0127 e. The van der Waals surface area contributed by atoms with Crippen LogP contribution in [0.15, 0.2) is 0 Å². The van der Waals surface area contributed by atoms with E-state index in [-0.39, 0.29) is 0 Å². The molecule has 0 aromatic heterocycles. The van der Waals surface area contributed by atoms with Crippen molar-refractivity contribution in [2.45, 2.75) is 46.1 Å². The summed E-state index contributed by atoms with van der Waals surface area (Å²) >= 11 is 2.01. The minimum absolute atomic E-state index is 0.406. The predicted octanol–water partition coefficient (Wildman–Crippen LogP) is 2.89. The van der Waals surface area contributed by atoms with Gasteiger partial charge in [0.05, 0.1) is 0 Å². The normalized spacial score (nSPS) is 16.0. The standard InChI is InChI=1S/C10H23NS/c1-4-6-9(3)7-12-8-10(11)5-2/h9-10H,4-8,11H2,1-3H3. The van der Waals surface area contributed by atoms with Crippen molar-refractivity contribution in [3.63, 3.8) is 0 Å². The minimum atomic E-state index is 0.406. The fraction of sp³-hybridized carbons (Fsp3) is 1.00. The Hall–Kier alpha value is 0.310. The third-order valence-corrected chi connectivity index (χ3v) is 3.51. The van der Waals surface area contributed by atoms with Crippen LogP contribution in [0.4, 0.5) is 0 Å². The highest BCUT2D eigenvalue weighted by atomic mass is 32.2. The molecule has 0 aromatic rings. The summed E-state index contributed by atoms with van der Waals surface area (Å²) in [5.74, 6) is 3.27. The van der Waals surface area contributed by atoms with Crippen LogP contribution in [0.3, 0.4) is 0 Å². The molecule has 0 aliphatic carbocycles. The third-order valence-electron chi connectivity index (χ3n) is 2.04. The van der Waals surface area contributed by atoms with Gasteiger partial charge in [0.25, 0.3) is 0 Å². The highest BCUT2D eigenvalue weighted by Gasteiger charge is 2.03. The molecular weight excluding hydrogens is 166 g/mol. The number of hydrogen-bond donors (Lipinski definition) is 1. The Morgan fingerprint density at radius 2 is 1.92 bits per heavy atom. The van der Waals surface area contributed by atoms with Gasteiger partial charge in [-0.05, 0) is 18.1 Å². The fourth-order valence-electron chi connectivity index (χ4n) is 1.11. The van der Waals surface area contributed by atoms with Crippen LogP contribution in [0.2, 0.25) is 0 Å². The molecule has 0 heterocycles. The van der Waals surface area contributed by atoms with Crippen molar-refractivity contribution in [1.29, 1.82) is 0 Å². The topological polar surface area (TPSA) is 26.0 Å². The van der Waals surface area contributed by atoms with Crippen molar-refractivity contribution in [2.75, 3.05) is 11.5 Å². The Labute approximate surface area is 81.5 Å². The molecule has 1 nitrogen and oxygen atoms in total. The SMILES string of the molecule is CCCC(C)CSCC(N)CC. The summed E-state index contributed by atoms with van der Waals surface area (Å²) in [5, 5.41) is 0. The molecule has 2 N–H and O–H groups in total. The van der Waals surface area contributed by atoms with Crippen molar-refractivity contribution >= 4 is 11.8 Å². The quantitative estimate of drug-likeness (QED) is 0.666. The number of rotatable bonds is 7. The summed E-state index contributed by atoms with van der Waals surface area (Å²) in [7, 11) is 0. The molecule has 2 heteroatoms. The molecule has 2 unspecified atom stereocenters. The second-order valence-electron chi connectivity index (χ2n) is 3.60. The van der Waals surface area contributed by atoms with E-state index in [1.165, 1.54) is 18.6 Å². The lowest BCUT2D eigenvalue weighted by Crippen LogP contribution is -2.21. The molecule has 0 rings (SSSR count). The van der Waals surface area contributed by atoms with Gasteiger partial charge in [0, 0.05) is 11.8 Å². The summed E-state index contributed by atoms with van der Waals surface area (Å²) < 4.78 is 0. The second-order valence-corrected chi connectivity index (χ2v) is 4.67. The van der Waals surface area contributed by atoms with Crippen molar-refractivity contribution in [3.8, 4) is 0 Å². The van der Waals surface area contributed by atoms with Gasteiger partial charge in [0.2, 0.25) is 0 Å². The van der Waals surface area contributed by atoms with Crippen molar-refractivity contribution in [2.24, 2.45) is 11.7 Å². The first-order valence-corrected chi connectivity index (χ1v) is 6.19. The summed E-state index contributed by atoms with van der Waals surface area (Å²) in [6.07, 6.45) is 3.77. The molecule has 0 spiro atoms. The van der Waals surface area contributed by atoms with Gasteiger partial charge in [0.1, 0.15) is 0 Å². The first kappa shape index (κ1) is 12.3. The zero-order valence-corrected chi connectivity index (χ0v) is 9.49. The first-order chi connectivity index (χ1) is 5.70. The minimum Gasteiger partial charge on any atom is -0.327 e. The highest BCUT2D eigenvalue weighted by molar-refractivity contribution is 7.99. The Morgan fingerprint density at radius 1 is 1.25 bits per heavy atom. The van der Waals surface area contributed by atoms with Gasteiger partial charge < -0.3 is 5.73 Å². The number of thioether (sulfide) groups is 1. The molecule has 0 aromatic carbocycles. The second kappa shape index (κ2) is 7.93. The molecule has 12 heavy (non-hydrogen) atoms. The molecule has 0 saturated carbocycles. The van der Waals surface area contributed by atoms with E-state index < -0.39 is 0 Å². The lowest BCUT2D eigenvalue weighted by molar-refractivity contribution is 0.584. The van der Waals surface area contributed by atoms with Crippen LogP contribution in [-0.2, 0) is 0 Å². The van der Waals surface area contributed by atoms with Crippen LogP contribution in [0.1, 0.15) is 40.0 Å². The number of nitrogens with two attached hydrogens (primary N) is 1. The van der Waals surface area contributed by atoms with Crippen LogP contribution < -0.4 is 5.73 Å². The van der Waals surface area contributed by atoms with Crippen molar-refractivity contribution in [1.82, 2.24) is 0 Å². The maximum absolute atomic E-state index is 5.81. The van der Waals surface area contributed by atoms with Crippen molar-refractivity contribution in [3.05, 3.63) is 0 Å². The molecular formula is C10H23NS. The first-order valence-electron chi connectivity index (χ1n) is 5.04. The molecule has 74 valence electrons. The molecule has 0 aliphatic heterocycles. The van der Waals surface area contributed by atoms with E-state index in [1.807, 2.05) is 11.8 Å². The Morgan fingerprint density at radius 3 is 2.42 bits per heavy atom. The van der Waals surface area contributed by atoms with Gasteiger partial charge in [-0.1, -0.05) is 33.6 Å². The largest absolute Gasteiger partial charge is 0.327 e. The van der Waals surface area contributed by atoms with E-state index in [1.54, 1.807) is 0 Å². The average molecular weight is 189 g/mol. The van der Waals surface area contributed by atoms with E-state index in [0.717, 1.165) is 18.1 Å². The molecule has 0 fully saturated rings. The zero-order valence-electron chi connectivity index (χ0n) is 8.68. The predicted molar refractivity (Wildman–Crippen MR) is 59.7 cm³/mol. The Kier molecular flexibility index (Phi) is 8.14. The molecule has 0 aliphatic rings. The fourth-order valence-corrected chi connectivity index (χ4v) is 2.36. The lowest BCUT2D eigenvalue weighted by Gasteiger charge is -2.11. The van der Waals surface area contributed by atoms with Gasteiger partial charge in [0.15, 0.2) is 0 Å². The van der Waals surface area contributed by atoms with E-state index in [2.05, 4.69) is 20.8 Å². The summed E-state index contributed by atoms with van der Waals surface area (Å²) in [6, 6.07) is 0.406. The third kappa shape index (κ3) is 6.99. The molecule has 0 bridgehead atoms. The summed E-state index contributed by atoms with van der Waals surface area (Å²) in [5.41, 5.74) is 5.81.